The van der Waals surface area contributed by atoms with Crippen LogP contribution in [0.3, 0.4) is 0 Å². The minimum atomic E-state index is -1.11. The molecule has 0 spiro atoms. The lowest BCUT2D eigenvalue weighted by molar-refractivity contribution is -0.135. The molecule has 0 aliphatic heterocycles. The van der Waals surface area contributed by atoms with Crippen LogP contribution in [0.2, 0.25) is 0 Å². The Morgan fingerprint density at radius 3 is 2.89 bits per heavy atom. The number of carboxylic acid groups (broad SMARTS) is 1. The predicted octanol–water partition coefficient (Wildman–Crippen LogP) is -0.139. The molecule has 0 aromatic carbocycles. The number of hydrogen-bond donors (Lipinski definition) is 2. The van der Waals surface area contributed by atoms with Crippen LogP contribution in [0.4, 0.5) is 0 Å². The number of rotatable bonds is 4. The maximum atomic E-state index is 12.0. The molecule has 2 aromatic rings. The third-order valence-electron chi connectivity index (χ3n) is 2.55. The van der Waals surface area contributed by atoms with Crippen LogP contribution in [0.15, 0.2) is 12.4 Å². The SMILES string of the molecule is COc1cc(C)c(C(=O)NCC(=O)O)c2ncnn12. The topological polar surface area (TPSA) is 106 Å². The number of fused-ring (bicyclic) bond motifs is 1. The maximum absolute atomic E-state index is 12.0. The molecule has 19 heavy (non-hydrogen) atoms. The number of methoxy groups -OCH3 is 1. The normalized spacial score (nSPS) is 10.4. The van der Waals surface area contributed by atoms with Gasteiger partial charge in [0.15, 0.2) is 5.65 Å². The second kappa shape index (κ2) is 4.92. The van der Waals surface area contributed by atoms with Gasteiger partial charge >= 0.3 is 5.97 Å². The summed E-state index contributed by atoms with van der Waals surface area (Å²) in [6, 6.07) is 1.64. The lowest BCUT2D eigenvalue weighted by Crippen LogP contribution is -2.30. The summed E-state index contributed by atoms with van der Waals surface area (Å²) >= 11 is 0. The van der Waals surface area contributed by atoms with E-state index in [9.17, 15) is 9.59 Å². The van der Waals surface area contributed by atoms with E-state index in [-0.39, 0.29) is 5.56 Å². The van der Waals surface area contributed by atoms with Crippen molar-refractivity contribution >= 4 is 17.5 Å². The van der Waals surface area contributed by atoms with Gasteiger partial charge in [-0.2, -0.15) is 9.61 Å². The Balaban J connectivity index is 2.48. The number of aryl methyl sites for hydroxylation is 1. The van der Waals surface area contributed by atoms with Gasteiger partial charge in [-0.05, 0) is 12.5 Å². The highest BCUT2D eigenvalue weighted by Crippen LogP contribution is 2.20. The number of carbonyl (C=O) groups excluding carboxylic acids is 1. The van der Waals surface area contributed by atoms with Gasteiger partial charge in [0, 0.05) is 6.07 Å². The van der Waals surface area contributed by atoms with Crippen LogP contribution < -0.4 is 10.1 Å². The van der Waals surface area contributed by atoms with Gasteiger partial charge in [-0.15, -0.1) is 0 Å². The van der Waals surface area contributed by atoms with Crippen molar-refractivity contribution in [3.8, 4) is 5.88 Å². The number of ether oxygens (including phenoxy) is 1. The molecule has 8 heteroatoms. The molecule has 2 heterocycles. The van der Waals surface area contributed by atoms with Crippen LogP contribution in [-0.2, 0) is 4.79 Å². The van der Waals surface area contributed by atoms with Crippen molar-refractivity contribution in [2.45, 2.75) is 6.92 Å². The number of carbonyl (C=O) groups is 2. The van der Waals surface area contributed by atoms with Gasteiger partial charge < -0.3 is 15.2 Å². The fourth-order valence-corrected chi connectivity index (χ4v) is 1.74. The molecule has 2 N–H and O–H groups in total. The Morgan fingerprint density at radius 2 is 2.26 bits per heavy atom. The summed E-state index contributed by atoms with van der Waals surface area (Å²) in [6.07, 6.45) is 1.30. The summed E-state index contributed by atoms with van der Waals surface area (Å²) in [6.45, 7) is 1.26. The first kappa shape index (κ1) is 12.8. The van der Waals surface area contributed by atoms with Gasteiger partial charge in [-0.25, -0.2) is 4.98 Å². The molecule has 0 aliphatic rings. The van der Waals surface area contributed by atoms with E-state index >= 15 is 0 Å². The van der Waals surface area contributed by atoms with E-state index in [2.05, 4.69) is 15.4 Å². The summed E-state index contributed by atoms with van der Waals surface area (Å²) in [5, 5.41) is 14.8. The zero-order chi connectivity index (χ0) is 14.0. The third kappa shape index (κ3) is 2.32. The minimum absolute atomic E-state index is 0.277. The molecule has 0 unspecified atom stereocenters. The summed E-state index contributed by atoms with van der Waals surface area (Å²) < 4.78 is 6.51. The van der Waals surface area contributed by atoms with Gasteiger partial charge in [-0.3, -0.25) is 9.59 Å². The molecule has 0 radical (unpaired) electrons. The molecule has 8 nitrogen and oxygen atoms in total. The summed E-state index contributed by atoms with van der Waals surface area (Å²) in [4.78, 5) is 26.5. The van der Waals surface area contributed by atoms with E-state index < -0.39 is 18.4 Å². The first-order valence-electron chi connectivity index (χ1n) is 5.42. The molecular weight excluding hydrogens is 252 g/mol. The highest BCUT2D eigenvalue weighted by atomic mass is 16.5. The zero-order valence-electron chi connectivity index (χ0n) is 10.4. The fourth-order valence-electron chi connectivity index (χ4n) is 1.74. The first-order chi connectivity index (χ1) is 9.04. The van der Waals surface area contributed by atoms with Crippen molar-refractivity contribution in [2.24, 2.45) is 0 Å². The van der Waals surface area contributed by atoms with Gasteiger partial charge in [0.2, 0.25) is 5.88 Å². The molecule has 0 aliphatic carbocycles. The molecule has 100 valence electrons. The first-order valence-corrected chi connectivity index (χ1v) is 5.42. The average molecular weight is 264 g/mol. The number of hydrogen-bond acceptors (Lipinski definition) is 5. The second-order valence-electron chi connectivity index (χ2n) is 3.82. The standard InChI is InChI=1S/C11H12N4O4/c1-6-3-7(19-2)15-10(13-5-14-15)9(6)11(18)12-4-8(16)17/h3,5H,4H2,1-2H3,(H,12,18)(H,16,17). The Morgan fingerprint density at radius 1 is 1.53 bits per heavy atom. The van der Waals surface area contributed by atoms with Crippen molar-refractivity contribution < 1.29 is 19.4 Å². The van der Waals surface area contributed by atoms with Gasteiger partial charge in [0.05, 0.1) is 12.7 Å². The molecule has 0 atom stereocenters. The summed E-state index contributed by atoms with van der Waals surface area (Å²) in [5.74, 6) is -1.18. The number of aromatic nitrogens is 3. The molecular formula is C11H12N4O4. The minimum Gasteiger partial charge on any atom is -0.481 e. The Hall–Kier alpha value is -2.64. The second-order valence-corrected chi connectivity index (χ2v) is 3.82. The molecule has 2 aromatic heterocycles. The summed E-state index contributed by atoms with van der Waals surface area (Å²) in [5.41, 5.74) is 1.22. The Kier molecular flexibility index (Phi) is 3.32. The Bertz CT molecular complexity index is 649. The van der Waals surface area contributed by atoms with E-state index in [1.54, 1.807) is 13.0 Å². The van der Waals surface area contributed by atoms with Crippen molar-refractivity contribution in [3.05, 3.63) is 23.5 Å². The van der Waals surface area contributed by atoms with Crippen molar-refractivity contribution in [1.29, 1.82) is 0 Å². The van der Waals surface area contributed by atoms with Crippen LogP contribution in [0.25, 0.3) is 5.65 Å². The van der Waals surface area contributed by atoms with E-state index in [0.29, 0.717) is 17.1 Å². The smallest absolute Gasteiger partial charge is 0.322 e. The molecule has 2 rings (SSSR count). The van der Waals surface area contributed by atoms with Crippen molar-refractivity contribution in [1.82, 2.24) is 19.9 Å². The van der Waals surface area contributed by atoms with Crippen LogP contribution >= 0.6 is 0 Å². The number of pyridine rings is 1. The van der Waals surface area contributed by atoms with Crippen LogP contribution in [0, 0.1) is 6.92 Å². The highest BCUT2D eigenvalue weighted by Gasteiger charge is 2.18. The van der Waals surface area contributed by atoms with Crippen LogP contribution in [-0.4, -0.2) is 45.2 Å². The zero-order valence-corrected chi connectivity index (χ0v) is 10.4. The average Bonchev–Trinajstić information content (AvgIpc) is 2.83. The monoisotopic (exact) mass is 264 g/mol. The quantitative estimate of drug-likeness (QED) is 0.796. The molecule has 0 fully saturated rings. The van der Waals surface area contributed by atoms with Gasteiger partial charge in [0.25, 0.3) is 5.91 Å². The fraction of sp³-hybridized carbons (Fsp3) is 0.273. The van der Waals surface area contributed by atoms with Crippen LogP contribution in [0.1, 0.15) is 15.9 Å². The van der Waals surface area contributed by atoms with E-state index in [1.165, 1.54) is 18.0 Å². The molecule has 1 amide bonds. The number of nitrogens with one attached hydrogen (secondary N) is 1. The van der Waals surface area contributed by atoms with E-state index in [1.807, 2.05) is 0 Å². The van der Waals surface area contributed by atoms with Crippen molar-refractivity contribution in [2.75, 3.05) is 13.7 Å². The van der Waals surface area contributed by atoms with E-state index in [4.69, 9.17) is 9.84 Å². The number of aliphatic carboxylic acids is 1. The molecule has 0 saturated heterocycles. The molecule has 0 saturated carbocycles. The maximum Gasteiger partial charge on any atom is 0.322 e. The number of nitrogens with zero attached hydrogens (tertiary/aromatic N) is 3. The van der Waals surface area contributed by atoms with Gasteiger partial charge in [0.1, 0.15) is 12.9 Å². The van der Waals surface area contributed by atoms with Gasteiger partial charge in [-0.1, -0.05) is 0 Å². The lowest BCUT2D eigenvalue weighted by Gasteiger charge is -2.10. The van der Waals surface area contributed by atoms with E-state index in [0.717, 1.165) is 0 Å². The highest BCUT2D eigenvalue weighted by molar-refractivity contribution is 6.02. The number of amides is 1. The Labute approximate surface area is 108 Å². The van der Waals surface area contributed by atoms with Crippen LogP contribution in [0.5, 0.6) is 5.88 Å². The third-order valence-corrected chi connectivity index (χ3v) is 2.55. The van der Waals surface area contributed by atoms with Crippen molar-refractivity contribution in [3.63, 3.8) is 0 Å². The largest absolute Gasteiger partial charge is 0.481 e. The molecule has 0 bridgehead atoms. The predicted molar refractivity (Wildman–Crippen MR) is 64.2 cm³/mol. The number of carboxylic acids is 1. The lowest BCUT2D eigenvalue weighted by atomic mass is 10.1. The summed E-state index contributed by atoms with van der Waals surface area (Å²) in [7, 11) is 1.49.